The van der Waals surface area contributed by atoms with Crippen molar-refractivity contribution in [2.45, 2.75) is 25.0 Å². The predicted molar refractivity (Wildman–Crippen MR) is 97.1 cm³/mol. The highest BCUT2D eigenvalue weighted by molar-refractivity contribution is 6.04. The number of aromatic nitrogens is 1. The van der Waals surface area contributed by atoms with E-state index in [1.54, 1.807) is 37.6 Å². The first-order chi connectivity index (χ1) is 12.7. The van der Waals surface area contributed by atoms with Gasteiger partial charge in [-0.2, -0.15) is 0 Å². The Balaban J connectivity index is 1.59. The minimum atomic E-state index is -0.387. The summed E-state index contributed by atoms with van der Waals surface area (Å²) in [5.41, 5.74) is 2.17. The zero-order chi connectivity index (χ0) is 18.1. The van der Waals surface area contributed by atoms with Crippen LogP contribution >= 0.6 is 0 Å². The van der Waals surface area contributed by atoms with Crippen LogP contribution in [-0.2, 0) is 4.74 Å². The van der Waals surface area contributed by atoms with Crippen LogP contribution in [0.15, 0.2) is 42.6 Å². The number of ether oxygens (including phenoxy) is 1. The number of fused-ring (bicyclic) bond motifs is 3. The lowest BCUT2D eigenvalue weighted by atomic mass is 9.94. The quantitative estimate of drug-likeness (QED) is 0.889. The zero-order valence-electron chi connectivity index (χ0n) is 14.4. The van der Waals surface area contributed by atoms with Crippen molar-refractivity contribution in [3.05, 3.63) is 53.7 Å². The van der Waals surface area contributed by atoms with E-state index in [2.05, 4.69) is 15.6 Å². The lowest BCUT2D eigenvalue weighted by Gasteiger charge is -2.34. The Kier molecular flexibility index (Phi) is 4.30. The molecule has 3 heterocycles. The highest BCUT2D eigenvalue weighted by Crippen LogP contribution is 2.44. The summed E-state index contributed by atoms with van der Waals surface area (Å²) < 4.78 is 5.50. The van der Waals surface area contributed by atoms with Crippen molar-refractivity contribution in [1.82, 2.24) is 9.88 Å². The van der Waals surface area contributed by atoms with E-state index >= 15 is 0 Å². The van der Waals surface area contributed by atoms with Crippen molar-refractivity contribution in [3.63, 3.8) is 0 Å². The number of rotatable bonds is 3. The second kappa shape index (κ2) is 6.76. The Hall–Kier alpha value is -2.93. The predicted octanol–water partition coefficient (Wildman–Crippen LogP) is 3.03. The third kappa shape index (κ3) is 2.90. The van der Waals surface area contributed by atoms with Crippen molar-refractivity contribution in [2.75, 3.05) is 24.3 Å². The number of hydrogen-bond acceptors (Lipinski definition) is 4. The molecule has 2 aliphatic rings. The second-order valence-electron chi connectivity index (χ2n) is 6.46. The van der Waals surface area contributed by atoms with Gasteiger partial charge in [-0.05, 0) is 37.1 Å². The molecule has 2 unspecified atom stereocenters. The molecule has 4 rings (SSSR count). The number of methoxy groups -OCH3 is 1. The Morgan fingerprint density at radius 3 is 2.88 bits per heavy atom. The first-order valence-electron chi connectivity index (χ1n) is 8.63. The maximum Gasteiger partial charge on any atom is 0.324 e. The van der Waals surface area contributed by atoms with Crippen LogP contribution in [0.3, 0.4) is 0 Å². The maximum absolute atomic E-state index is 12.7. The summed E-state index contributed by atoms with van der Waals surface area (Å²) in [5, 5.41) is 5.57. The van der Waals surface area contributed by atoms with Gasteiger partial charge in [0.1, 0.15) is 5.82 Å². The highest BCUT2D eigenvalue weighted by atomic mass is 16.5. The van der Waals surface area contributed by atoms with Gasteiger partial charge in [0.05, 0.1) is 12.1 Å². The third-order valence-corrected chi connectivity index (χ3v) is 4.97. The summed E-state index contributed by atoms with van der Waals surface area (Å²) in [6.45, 7) is 0.663. The van der Waals surface area contributed by atoms with Gasteiger partial charge in [0.15, 0.2) is 0 Å². The number of hydrogen-bond donors (Lipinski definition) is 2. The van der Waals surface area contributed by atoms with Crippen molar-refractivity contribution < 1.29 is 14.3 Å². The fourth-order valence-corrected chi connectivity index (χ4v) is 3.74. The van der Waals surface area contributed by atoms with Gasteiger partial charge in [-0.25, -0.2) is 9.78 Å². The molecule has 2 atom stereocenters. The number of amides is 3. The van der Waals surface area contributed by atoms with Crippen LogP contribution in [0, 0.1) is 0 Å². The number of anilines is 2. The van der Waals surface area contributed by atoms with Crippen LogP contribution in [0.1, 0.15) is 34.8 Å². The van der Waals surface area contributed by atoms with E-state index in [1.807, 2.05) is 17.0 Å². The average Bonchev–Trinajstić information content (AvgIpc) is 2.95. The highest BCUT2D eigenvalue weighted by Gasteiger charge is 2.42. The van der Waals surface area contributed by atoms with Gasteiger partial charge in [-0.15, -0.1) is 0 Å². The van der Waals surface area contributed by atoms with Gasteiger partial charge in [-0.1, -0.05) is 12.1 Å². The summed E-state index contributed by atoms with van der Waals surface area (Å²) >= 11 is 0. The third-order valence-electron chi connectivity index (χ3n) is 4.97. The number of benzene rings is 1. The molecule has 2 aliphatic heterocycles. The van der Waals surface area contributed by atoms with Crippen LogP contribution in [0.4, 0.5) is 16.3 Å². The van der Waals surface area contributed by atoms with Crippen LogP contribution in [0.25, 0.3) is 0 Å². The molecule has 26 heavy (non-hydrogen) atoms. The molecule has 7 heteroatoms. The number of urea groups is 1. The molecule has 134 valence electrons. The zero-order valence-corrected chi connectivity index (χ0v) is 14.4. The Bertz CT molecular complexity index is 840. The van der Waals surface area contributed by atoms with Gasteiger partial charge in [0.25, 0.3) is 5.91 Å². The molecule has 1 saturated heterocycles. The molecule has 0 radical (unpaired) electrons. The van der Waals surface area contributed by atoms with Crippen molar-refractivity contribution >= 4 is 23.4 Å². The van der Waals surface area contributed by atoms with Crippen LogP contribution < -0.4 is 10.6 Å². The van der Waals surface area contributed by atoms with E-state index < -0.39 is 0 Å². The largest absolute Gasteiger partial charge is 0.381 e. The number of piperidine rings is 1. The molecular formula is C19H20N4O3. The number of pyridine rings is 1. The van der Waals surface area contributed by atoms with Crippen LogP contribution in [0.2, 0.25) is 0 Å². The van der Waals surface area contributed by atoms with E-state index in [-0.39, 0.29) is 24.1 Å². The van der Waals surface area contributed by atoms with E-state index in [4.69, 9.17) is 4.74 Å². The summed E-state index contributed by atoms with van der Waals surface area (Å²) in [6.07, 6.45) is 3.29. The molecule has 2 aromatic rings. The molecule has 1 aromatic carbocycles. The van der Waals surface area contributed by atoms with Crippen molar-refractivity contribution in [1.29, 1.82) is 0 Å². The molecule has 0 aliphatic carbocycles. The van der Waals surface area contributed by atoms with Gasteiger partial charge in [0, 0.05) is 36.7 Å². The number of nitrogens with zero attached hydrogens (tertiary/aromatic N) is 2. The first kappa shape index (κ1) is 16.5. The van der Waals surface area contributed by atoms with Crippen molar-refractivity contribution in [3.8, 4) is 0 Å². The standard InChI is InChI=1S/C19H20N4O3/c1-26-12-8-10-23-15(11-12)17-13(18(23)24)5-4-6-14(17)21-19(25)22-16-7-2-3-9-20-16/h2-7,9,12,15H,8,10-11H2,1H3,(H2,20,21,22,25). The number of carbonyl (C=O) groups excluding carboxylic acids is 2. The molecule has 7 nitrogen and oxygen atoms in total. The lowest BCUT2D eigenvalue weighted by molar-refractivity contribution is 0.0172. The molecule has 0 bridgehead atoms. The molecule has 1 fully saturated rings. The van der Waals surface area contributed by atoms with Gasteiger partial charge < -0.3 is 15.0 Å². The molecule has 0 spiro atoms. The van der Waals surface area contributed by atoms with Crippen molar-refractivity contribution in [2.24, 2.45) is 0 Å². The molecular weight excluding hydrogens is 332 g/mol. The Morgan fingerprint density at radius 1 is 1.23 bits per heavy atom. The van der Waals surface area contributed by atoms with E-state index in [0.29, 0.717) is 23.6 Å². The van der Waals surface area contributed by atoms with Gasteiger partial charge in [0.2, 0.25) is 0 Å². The van der Waals surface area contributed by atoms with Crippen LogP contribution in [0.5, 0.6) is 0 Å². The fraction of sp³-hybridized carbons (Fsp3) is 0.316. The van der Waals surface area contributed by atoms with Crippen LogP contribution in [-0.4, -0.2) is 41.6 Å². The average molecular weight is 352 g/mol. The molecule has 0 saturated carbocycles. The minimum Gasteiger partial charge on any atom is -0.381 e. The van der Waals surface area contributed by atoms with E-state index in [1.165, 1.54) is 0 Å². The lowest BCUT2D eigenvalue weighted by Crippen LogP contribution is -2.38. The monoisotopic (exact) mass is 352 g/mol. The van der Waals surface area contributed by atoms with Gasteiger partial charge in [-0.3, -0.25) is 10.1 Å². The second-order valence-corrected chi connectivity index (χ2v) is 6.46. The molecule has 2 N–H and O–H groups in total. The van der Waals surface area contributed by atoms with E-state index in [0.717, 1.165) is 18.4 Å². The Morgan fingerprint density at radius 2 is 2.12 bits per heavy atom. The summed E-state index contributed by atoms with van der Waals surface area (Å²) in [5.74, 6) is 0.487. The topological polar surface area (TPSA) is 83.6 Å². The normalized spacial score (nSPS) is 21.1. The fourth-order valence-electron chi connectivity index (χ4n) is 3.74. The first-order valence-corrected chi connectivity index (χ1v) is 8.63. The number of carbonyl (C=O) groups is 2. The summed E-state index contributed by atoms with van der Waals surface area (Å²) in [4.78, 5) is 31.0. The maximum atomic E-state index is 12.7. The summed E-state index contributed by atoms with van der Waals surface area (Å²) in [7, 11) is 1.70. The van der Waals surface area contributed by atoms with Gasteiger partial charge >= 0.3 is 6.03 Å². The number of nitrogens with one attached hydrogen (secondary N) is 2. The Labute approximate surface area is 151 Å². The van der Waals surface area contributed by atoms with E-state index in [9.17, 15) is 9.59 Å². The smallest absolute Gasteiger partial charge is 0.324 e. The minimum absolute atomic E-state index is 0.0216. The molecule has 3 amide bonds. The SMILES string of the molecule is COC1CCN2C(=O)c3cccc(NC(=O)Nc4ccccn4)c3C2C1. The molecule has 1 aromatic heterocycles. The summed E-state index contributed by atoms with van der Waals surface area (Å²) in [6, 6.07) is 10.3.